The summed E-state index contributed by atoms with van der Waals surface area (Å²) in [5.74, 6) is 0.544. The minimum atomic E-state index is -0.226. The molecule has 0 aliphatic carbocycles. The largest absolute Gasteiger partial charge is 0.497 e. The van der Waals surface area contributed by atoms with E-state index in [1.807, 2.05) is 56.3 Å². The first-order valence-electron chi connectivity index (χ1n) is 8.26. The zero-order valence-corrected chi connectivity index (χ0v) is 15.7. The summed E-state index contributed by atoms with van der Waals surface area (Å²) in [5.41, 5.74) is 2.46. The van der Waals surface area contributed by atoms with Gasteiger partial charge in [0.25, 0.3) is 0 Å². The SMILES string of the molecule is COc1ccc(/C=C/C(=O)Nc2ccc3c(c2)sc(=O)n3C(C)C)cc1. The number of nitrogens with one attached hydrogen (secondary N) is 1. The number of carbonyl (C=O) groups is 1. The highest BCUT2D eigenvalue weighted by molar-refractivity contribution is 7.16. The summed E-state index contributed by atoms with van der Waals surface area (Å²) in [6.45, 7) is 3.96. The Kier molecular flexibility index (Phi) is 5.23. The molecule has 134 valence electrons. The Morgan fingerprint density at radius 1 is 1.19 bits per heavy atom. The lowest BCUT2D eigenvalue weighted by Crippen LogP contribution is -2.14. The van der Waals surface area contributed by atoms with Gasteiger partial charge in [0, 0.05) is 17.8 Å². The van der Waals surface area contributed by atoms with Crippen molar-refractivity contribution < 1.29 is 9.53 Å². The zero-order chi connectivity index (χ0) is 18.7. The van der Waals surface area contributed by atoms with Crippen LogP contribution < -0.4 is 14.9 Å². The van der Waals surface area contributed by atoms with Gasteiger partial charge < -0.3 is 10.1 Å². The molecule has 0 spiro atoms. The molecule has 1 N–H and O–H groups in total. The summed E-state index contributed by atoms with van der Waals surface area (Å²) < 4.78 is 7.73. The molecule has 0 aliphatic rings. The number of hydrogen-bond donors (Lipinski definition) is 1. The van der Waals surface area contributed by atoms with Crippen LogP contribution in [-0.2, 0) is 4.79 Å². The van der Waals surface area contributed by atoms with Crippen LogP contribution in [0.25, 0.3) is 16.3 Å². The van der Waals surface area contributed by atoms with Crippen LogP contribution in [0, 0.1) is 0 Å². The van der Waals surface area contributed by atoms with E-state index in [0.29, 0.717) is 5.69 Å². The number of thiazole rings is 1. The van der Waals surface area contributed by atoms with Crippen LogP contribution in [0.3, 0.4) is 0 Å². The van der Waals surface area contributed by atoms with E-state index in [-0.39, 0.29) is 16.8 Å². The molecule has 0 saturated heterocycles. The lowest BCUT2D eigenvalue weighted by Gasteiger charge is -2.08. The molecule has 0 radical (unpaired) electrons. The topological polar surface area (TPSA) is 60.3 Å². The average molecular weight is 368 g/mol. The first kappa shape index (κ1) is 17.9. The maximum absolute atomic E-state index is 12.1. The van der Waals surface area contributed by atoms with E-state index in [4.69, 9.17) is 4.74 Å². The Hall–Kier alpha value is -2.86. The molecule has 0 bridgehead atoms. The fourth-order valence-electron chi connectivity index (χ4n) is 2.67. The Balaban J connectivity index is 1.74. The van der Waals surface area contributed by atoms with Gasteiger partial charge in [-0.05, 0) is 55.8 Å². The first-order valence-corrected chi connectivity index (χ1v) is 9.08. The predicted molar refractivity (Wildman–Crippen MR) is 107 cm³/mol. The molecule has 2 aromatic carbocycles. The molecule has 0 unspecified atom stereocenters. The molecule has 0 atom stereocenters. The number of anilines is 1. The minimum absolute atomic E-state index is 0.0119. The molecule has 1 aromatic heterocycles. The molecule has 0 aliphatic heterocycles. The Labute approximate surface area is 155 Å². The minimum Gasteiger partial charge on any atom is -0.497 e. The lowest BCUT2D eigenvalue weighted by molar-refractivity contribution is -0.111. The van der Waals surface area contributed by atoms with Gasteiger partial charge in [-0.3, -0.25) is 14.2 Å². The van der Waals surface area contributed by atoms with Crippen molar-refractivity contribution in [1.29, 1.82) is 0 Å². The fraction of sp³-hybridized carbons (Fsp3) is 0.200. The highest BCUT2D eigenvalue weighted by Crippen LogP contribution is 2.24. The van der Waals surface area contributed by atoms with Crippen LogP contribution in [-0.4, -0.2) is 17.6 Å². The highest BCUT2D eigenvalue weighted by atomic mass is 32.1. The second kappa shape index (κ2) is 7.58. The van der Waals surface area contributed by atoms with Crippen LogP contribution in [0.5, 0.6) is 5.75 Å². The molecule has 1 amide bonds. The highest BCUT2D eigenvalue weighted by Gasteiger charge is 2.11. The van der Waals surface area contributed by atoms with Crippen molar-refractivity contribution in [2.75, 3.05) is 12.4 Å². The Bertz CT molecular complexity index is 1010. The van der Waals surface area contributed by atoms with E-state index in [9.17, 15) is 9.59 Å². The second-order valence-electron chi connectivity index (χ2n) is 6.11. The number of methoxy groups -OCH3 is 1. The van der Waals surface area contributed by atoms with Crippen LogP contribution in [0.15, 0.2) is 53.3 Å². The van der Waals surface area contributed by atoms with Crippen molar-refractivity contribution >= 4 is 39.2 Å². The van der Waals surface area contributed by atoms with Crippen LogP contribution in [0.2, 0.25) is 0 Å². The molecule has 0 fully saturated rings. The van der Waals surface area contributed by atoms with E-state index < -0.39 is 0 Å². The van der Waals surface area contributed by atoms with Crippen molar-refractivity contribution in [3.8, 4) is 5.75 Å². The molecule has 26 heavy (non-hydrogen) atoms. The normalized spacial score (nSPS) is 11.4. The van der Waals surface area contributed by atoms with Crippen LogP contribution in [0.4, 0.5) is 5.69 Å². The monoisotopic (exact) mass is 368 g/mol. The summed E-state index contributed by atoms with van der Waals surface area (Å²) in [6, 6.07) is 13.0. The number of hydrogen-bond acceptors (Lipinski definition) is 4. The predicted octanol–water partition coefficient (Wildman–Crippen LogP) is 4.30. The van der Waals surface area contributed by atoms with Gasteiger partial charge in [0.2, 0.25) is 5.91 Å². The van der Waals surface area contributed by atoms with Crippen molar-refractivity contribution in [2.45, 2.75) is 19.9 Å². The van der Waals surface area contributed by atoms with Crippen molar-refractivity contribution in [3.63, 3.8) is 0 Å². The summed E-state index contributed by atoms with van der Waals surface area (Å²) >= 11 is 1.19. The number of rotatable bonds is 5. The lowest BCUT2D eigenvalue weighted by atomic mass is 10.2. The van der Waals surface area contributed by atoms with Gasteiger partial charge in [0.1, 0.15) is 5.75 Å². The molecule has 6 heteroatoms. The third-order valence-corrected chi connectivity index (χ3v) is 4.86. The summed E-state index contributed by atoms with van der Waals surface area (Å²) in [5, 5.41) is 2.83. The number of aromatic nitrogens is 1. The summed E-state index contributed by atoms with van der Waals surface area (Å²) in [7, 11) is 1.61. The third-order valence-electron chi connectivity index (χ3n) is 3.94. The molecule has 0 saturated carbocycles. The number of benzene rings is 2. The quantitative estimate of drug-likeness (QED) is 0.683. The van der Waals surface area contributed by atoms with Gasteiger partial charge in [-0.2, -0.15) is 0 Å². The van der Waals surface area contributed by atoms with Gasteiger partial charge >= 0.3 is 4.87 Å². The number of amides is 1. The van der Waals surface area contributed by atoms with E-state index >= 15 is 0 Å². The maximum atomic E-state index is 12.1. The van der Waals surface area contributed by atoms with Crippen molar-refractivity contribution in [3.05, 3.63) is 63.8 Å². The van der Waals surface area contributed by atoms with E-state index in [2.05, 4.69) is 5.32 Å². The molecule has 1 heterocycles. The van der Waals surface area contributed by atoms with Gasteiger partial charge in [-0.25, -0.2) is 0 Å². The van der Waals surface area contributed by atoms with E-state index in [0.717, 1.165) is 21.5 Å². The average Bonchev–Trinajstić information content (AvgIpc) is 2.95. The number of fused-ring (bicyclic) bond motifs is 1. The van der Waals surface area contributed by atoms with E-state index in [1.165, 1.54) is 17.4 Å². The van der Waals surface area contributed by atoms with Crippen molar-refractivity contribution in [2.24, 2.45) is 0 Å². The number of nitrogens with zero attached hydrogens (tertiary/aromatic N) is 1. The molecule has 5 nitrogen and oxygen atoms in total. The summed E-state index contributed by atoms with van der Waals surface area (Å²) in [6.07, 6.45) is 3.22. The molecular weight excluding hydrogens is 348 g/mol. The first-order chi connectivity index (χ1) is 12.5. The number of ether oxygens (including phenoxy) is 1. The smallest absolute Gasteiger partial charge is 0.308 e. The Morgan fingerprint density at radius 2 is 1.92 bits per heavy atom. The maximum Gasteiger partial charge on any atom is 0.308 e. The third kappa shape index (κ3) is 3.86. The summed E-state index contributed by atoms with van der Waals surface area (Å²) in [4.78, 5) is 24.2. The van der Waals surface area contributed by atoms with Gasteiger partial charge in [-0.15, -0.1) is 0 Å². The van der Waals surface area contributed by atoms with Gasteiger partial charge in [0.15, 0.2) is 0 Å². The van der Waals surface area contributed by atoms with Crippen LogP contribution >= 0.6 is 11.3 Å². The molecular formula is C20H20N2O3S. The Morgan fingerprint density at radius 3 is 2.58 bits per heavy atom. The van der Waals surface area contributed by atoms with Gasteiger partial charge in [0.05, 0.1) is 17.3 Å². The number of carbonyl (C=O) groups excluding carboxylic acids is 1. The molecule has 3 aromatic rings. The standard InChI is InChI=1S/C20H20N2O3S/c1-13(2)22-17-10-7-15(12-18(17)26-20(22)24)21-19(23)11-6-14-4-8-16(25-3)9-5-14/h4-13H,1-3H3,(H,21,23)/b11-6+. The van der Waals surface area contributed by atoms with Crippen LogP contribution in [0.1, 0.15) is 25.5 Å². The van der Waals surface area contributed by atoms with Crippen molar-refractivity contribution in [1.82, 2.24) is 4.57 Å². The van der Waals surface area contributed by atoms with E-state index in [1.54, 1.807) is 17.8 Å². The molecule has 3 rings (SSSR count). The zero-order valence-electron chi connectivity index (χ0n) is 14.9. The fourth-order valence-corrected chi connectivity index (χ4v) is 3.73. The second-order valence-corrected chi connectivity index (χ2v) is 7.10. The van der Waals surface area contributed by atoms with Gasteiger partial charge in [-0.1, -0.05) is 23.5 Å².